The fraction of sp³-hybridized carbons (Fsp3) is 0.867. The summed E-state index contributed by atoms with van der Waals surface area (Å²) in [5.74, 6) is -0.112. The number of urea groups is 1. The van der Waals surface area contributed by atoms with Gasteiger partial charge in [-0.15, -0.1) is 0 Å². The summed E-state index contributed by atoms with van der Waals surface area (Å²) in [5, 5.41) is 21.8. The zero-order valence-corrected chi connectivity index (χ0v) is 12.8. The number of carboxylic acids is 1. The third kappa shape index (κ3) is 3.67. The van der Waals surface area contributed by atoms with Crippen molar-refractivity contribution in [2.45, 2.75) is 64.1 Å². The number of aliphatic carboxylic acids is 1. The fourth-order valence-corrected chi connectivity index (χ4v) is 3.65. The number of likely N-dealkylation sites (tertiary alicyclic amines) is 1. The van der Waals surface area contributed by atoms with E-state index in [0.29, 0.717) is 11.8 Å². The van der Waals surface area contributed by atoms with Crippen molar-refractivity contribution in [2.75, 3.05) is 6.54 Å². The highest BCUT2D eigenvalue weighted by Gasteiger charge is 2.40. The van der Waals surface area contributed by atoms with Crippen LogP contribution in [0.1, 0.15) is 46.0 Å². The van der Waals surface area contributed by atoms with E-state index in [2.05, 4.69) is 19.2 Å². The van der Waals surface area contributed by atoms with E-state index < -0.39 is 18.1 Å². The van der Waals surface area contributed by atoms with Crippen LogP contribution >= 0.6 is 0 Å². The molecule has 2 amide bonds. The third-order valence-electron chi connectivity index (χ3n) is 4.81. The van der Waals surface area contributed by atoms with Crippen LogP contribution in [-0.2, 0) is 4.79 Å². The van der Waals surface area contributed by atoms with Gasteiger partial charge in [0, 0.05) is 19.0 Å². The molecule has 3 N–H and O–H groups in total. The minimum atomic E-state index is -1.05. The number of amides is 2. The van der Waals surface area contributed by atoms with Gasteiger partial charge in [-0.2, -0.15) is 0 Å². The lowest BCUT2D eigenvalue weighted by atomic mass is 9.78. The number of carbonyl (C=O) groups excluding carboxylic acids is 1. The Morgan fingerprint density at radius 2 is 1.90 bits per heavy atom. The second-order valence-corrected chi connectivity index (χ2v) is 6.64. The molecule has 21 heavy (non-hydrogen) atoms. The van der Waals surface area contributed by atoms with Gasteiger partial charge in [0.25, 0.3) is 0 Å². The largest absolute Gasteiger partial charge is 0.480 e. The van der Waals surface area contributed by atoms with E-state index in [1.54, 1.807) is 0 Å². The Bertz CT molecular complexity index is 399. The molecular weight excluding hydrogens is 272 g/mol. The van der Waals surface area contributed by atoms with E-state index in [1.807, 2.05) is 0 Å². The maximum Gasteiger partial charge on any atom is 0.326 e. The number of β-amino-alcohol motifs (C(OH)–C–C–N with tert-alkyl or cyclic N) is 1. The van der Waals surface area contributed by atoms with Crippen molar-refractivity contribution in [1.29, 1.82) is 0 Å². The number of hydrogen-bond acceptors (Lipinski definition) is 3. The SMILES string of the molecule is CC(C)C1CCCCC1NC(=O)N1CC(O)C[C@H]1C(=O)O. The summed E-state index contributed by atoms with van der Waals surface area (Å²) in [5.41, 5.74) is 0. The summed E-state index contributed by atoms with van der Waals surface area (Å²) in [7, 11) is 0. The summed E-state index contributed by atoms with van der Waals surface area (Å²) < 4.78 is 0. The van der Waals surface area contributed by atoms with Gasteiger partial charge < -0.3 is 20.4 Å². The highest BCUT2D eigenvalue weighted by molar-refractivity contribution is 5.83. The Hall–Kier alpha value is -1.30. The van der Waals surface area contributed by atoms with Gasteiger partial charge in [-0.3, -0.25) is 0 Å². The van der Waals surface area contributed by atoms with Gasteiger partial charge in [0.2, 0.25) is 0 Å². The third-order valence-corrected chi connectivity index (χ3v) is 4.81. The average Bonchev–Trinajstić information content (AvgIpc) is 2.81. The Morgan fingerprint density at radius 1 is 1.24 bits per heavy atom. The lowest BCUT2D eigenvalue weighted by Gasteiger charge is -2.36. The van der Waals surface area contributed by atoms with Gasteiger partial charge in [0.1, 0.15) is 6.04 Å². The zero-order chi connectivity index (χ0) is 15.6. The summed E-state index contributed by atoms with van der Waals surface area (Å²) in [6.07, 6.45) is 3.70. The van der Waals surface area contributed by atoms with Crippen LogP contribution in [0.15, 0.2) is 0 Å². The summed E-state index contributed by atoms with van der Waals surface area (Å²) in [6.45, 7) is 4.42. The lowest BCUT2D eigenvalue weighted by Crippen LogP contribution is -2.52. The van der Waals surface area contributed by atoms with Crippen molar-refractivity contribution < 1.29 is 19.8 Å². The molecule has 2 fully saturated rings. The fourth-order valence-electron chi connectivity index (χ4n) is 3.65. The van der Waals surface area contributed by atoms with Crippen molar-refractivity contribution in [3.05, 3.63) is 0 Å². The highest BCUT2D eigenvalue weighted by Crippen LogP contribution is 2.30. The Balaban J connectivity index is 2.01. The van der Waals surface area contributed by atoms with Gasteiger partial charge >= 0.3 is 12.0 Å². The molecule has 1 aliphatic carbocycles. The number of nitrogens with one attached hydrogen (secondary N) is 1. The van der Waals surface area contributed by atoms with Crippen molar-refractivity contribution in [1.82, 2.24) is 10.2 Å². The van der Waals surface area contributed by atoms with E-state index in [-0.39, 0.29) is 25.0 Å². The molecule has 3 unspecified atom stereocenters. The number of hydrogen-bond donors (Lipinski definition) is 3. The predicted molar refractivity (Wildman–Crippen MR) is 77.9 cm³/mol. The summed E-state index contributed by atoms with van der Waals surface area (Å²) in [4.78, 5) is 24.8. The number of aliphatic hydroxyl groups is 1. The molecule has 0 aromatic carbocycles. The molecule has 2 rings (SSSR count). The van der Waals surface area contributed by atoms with Crippen molar-refractivity contribution in [3.63, 3.8) is 0 Å². The van der Waals surface area contributed by atoms with Crippen LogP contribution in [0.3, 0.4) is 0 Å². The minimum Gasteiger partial charge on any atom is -0.480 e. The van der Waals surface area contributed by atoms with Crippen LogP contribution < -0.4 is 5.32 Å². The molecule has 0 spiro atoms. The van der Waals surface area contributed by atoms with Crippen molar-refractivity contribution >= 4 is 12.0 Å². The first kappa shape index (κ1) is 16.1. The molecule has 0 radical (unpaired) electrons. The number of carbonyl (C=O) groups is 2. The lowest BCUT2D eigenvalue weighted by molar-refractivity contribution is -0.141. The molecule has 6 heteroatoms. The van der Waals surface area contributed by atoms with Gasteiger partial charge in [-0.05, 0) is 24.7 Å². The molecule has 1 heterocycles. The summed E-state index contributed by atoms with van der Waals surface area (Å²) in [6, 6.07) is -1.16. The van der Waals surface area contributed by atoms with E-state index >= 15 is 0 Å². The van der Waals surface area contributed by atoms with Gasteiger partial charge in [-0.25, -0.2) is 9.59 Å². The molecule has 1 saturated heterocycles. The van der Waals surface area contributed by atoms with Crippen LogP contribution in [0, 0.1) is 11.8 Å². The molecule has 2 aliphatic rings. The molecule has 0 aromatic heterocycles. The Labute approximate surface area is 125 Å². The maximum absolute atomic E-state index is 12.4. The highest BCUT2D eigenvalue weighted by atomic mass is 16.4. The number of aliphatic hydroxyl groups excluding tert-OH is 1. The van der Waals surface area contributed by atoms with Crippen LogP contribution in [0.5, 0.6) is 0 Å². The first-order chi connectivity index (χ1) is 9.90. The predicted octanol–water partition coefficient (Wildman–Crippen LogP) is 1.43. The van der Waals surface area contributed by atoms with Gasteiger partial charge in [-0.1, -0.05) is 26.7 Å². The normalized spacial score (nSPS) is 33.2. The van der Waals surface area contributed by atoms with Gasteiger partial charge in [0.05, 0.1) is 6.10 Å². The molecular formula is C15H26N2O4. The van der Waals surface area contributed by atoms with E-state index in [0.717, 1.165) is 19.3 Å². The van der Waals surface area contributed by atoms with Crippen molar-refractivity contribution in [2.24, 2.45) is 11.8 Å². The zero-order valence-electron chi connectivity index (χ0n) is 12.8. The van der Waals surface area contributed by atoms with Crippen LogP contribution in [0.4, 0.5) is 4.79 Å². The van der Waals surface area contributed by atoms with Gasteiger partial charge in [0.15, 0.2) is 0 Å². The number of carboxylic acid groups (broad SMARTS) is 1. The van der Waals surface area contributed by atoms with Crippen LogP contribution in [0.25, 0.3) is 0 Å². The smallest absolute Gasteiger partial charge is 0.326 e. The van der Waals surface area contributed by atoms with Crippen LogP contribution in [-0.4, -0.2) is 51.8 Å². The molecule has 0 bridgehead atoms. The minimum absolute atomic E-state index is 0.0991. The molecule has 1 aliphatic heterocycles. The van der Waals surface area contributed by atoms with E-state index in [4.69, 9.17) is 5.11 Å². The maximum atomic E-state index is 12.4. The molecule has 0 aromatic rings. The molecule has 120 valence electrons. The topological polar surface area (TPSA) is 89.9 Å². The number of nitrogens with zero attached hydrogens (tertiary/aromatic N) is 1. The first-order valence-corrected chi connectivity index (χ1v) is 7.88. The average molecular weight is 298 g/mol. The second kappa shape index (κ2) is 6.64. The molecule has 4 atom stereocenters. The first-order valence-electron chi connectivity index (χ1n) is 7.88. The Kier molecular flexibility index (Phi) is 5.08. The Morgan fingerprint density at radius 3 is 2.52 bits per heavy atom. The quantitative estimate of drug-likeness (QED) is 0.735. The molecule has 6 nitrogen and oxygen atoms in total. The van der Waals surface area contributed by atoms with Crippen molar-refractivity contribution in [3.8, 4) is 0 Å². The standard InChI is InChI=1S/C15H26N2O4/c1-9(2)11-5-3-4-6-12(11)16-15(21)17-8-10(18)7-13(17)14(19)20/h9-13,18H,3-8H2,1-2H3,(H,16,21)(H,19,20)/t10?,11?,12?,13-/m0/s1. The van der Waals surface area contributed by atoms with E-state index in [1.165, 1.54) is 11.3 Å². The monoisotopic (exact) mass is 298 g/mol. The van der Waals surface area contributed by atoms with E-state index in [9.17, 15) is 14.7 Å². The second-order valence-electron chi connectivity index (χ2n) is 6.64. The molecule has 1 saturated carbocycles. The number of rotatable bonds is 3. The summed E-state index contributed by atoms with van der Waals surface area (Å²) >= 11 is 0. The van der Waals surface area contributed by atoms with Crippen LogP contribution in [0.2, 0.25) is 0 Å².